The number of nitrogens with one attached hydrogen (secondary N) is 1. The molecule has 0 saturated heterocycles. The molecule has 0 amide bonds. The summed E-state index contributed by atoms with van der Waals surface area (Å²) in [6.07, 6.45) is 2.65. The van der Waals surface area contributed by atoms with Gasteiger partial charge in [0.05, 0.1) is 18.1 Å². The van der Waals surface area contributed by atoms with Crippen LogP contribution in [0, 0.1) is 4.77 Å². The second-order valence-electron chi connectivity index (χ2n) is 5.67. The number of nitrogens with zero attached hydrogens (tertiary/aromatic N) is 2. The quantitative estimate of drug-likeness (QED) is 0.859. The second-order valence-corrected chi connectivity index (χ2v) is 6.06. The third-order valence-corrected chi connectivity index (χ3v) is 4.57. The Kier molecular flexibility index (Phi) is 3.56. The van der Waals surface area contributed by atoms with E-state index in [1.807, 2.05) is 18.2 Å². The van der Waals surface area contributed by atoms with Gasteiger partial charge in [-0.15, -0.1) is 0 Å². The number of H-pyrrole nitrogens is 1. The van der Waals surface area contributed by atoms with Gasteiger partial charge in [-0.25, -0.2) is 0 Å². The van der Waals surface area contributed by atoms with Crippen LogP contribution in [0.2, 0.25) is 0 Å². The van der Waals surface area contributed by atoms with Crippen LogP contribution < -0.4 is 4.74 Å². The van der Waals surface area contributed by atoms with Gasteiger partial charge < -0.3 is 14.3 Å². The minimum Gasteiger partial charge on any atom is -0.497 e. The smallest absolute Gasteiger partial charge is 0.178 e. The SMILES string of the molecule is COc1ccc2[nH]c(=S)n(CC(C)N(C)C3CC3)c2c1. The molecule has 1 unspecified atom stereocenters. The molecule has 1 aliphatic carbocycles. The van der Waals surface area contributed by atoms with Crippen molar-refractivity contribution in [3.05, 3.63) is 23.0 Å². The van der Waals surface area contributed by atoms with Gasteiger partial charge in [0.2, 0.25) is 0 Å². The molecule has 1 fully saturated rings. The zero-order valence-electron chi connectivity index (χ0n) is 12.2. The Bertz CT molecular complexity index is 671. The van der Waals surface area contributed by atoms with Gasteiger partial charge in [0.1, 0.15) is 5.75 Å². The van der Waals surface area contributed by atoms with Crippen molar-refractivity contribution in [1.82, 2.24) is 14.5 Å². The number of hydrogen-bond acceptors (Lipinski definition) is 3. The van der Waals surface area contributed by atoms with E-state index in [2.05, 4.69) is 28.4 Å². The lowest BCUT2D eigenvalue weighted by molar-refractivity contribution is 0.226. The summed E-state index contributed by atoms with van der Waals surface area (Å²) in [5, 5.41) is 0. The van der Waals surface area contributed by atoms with Crippen molar-refractivity contribution >= 4 is 23.3 Å². The van der Waals surface area contributed by atoms with E-state index in [1.165, 1.54) is 12.8 Å². The fraction of sp³-hybridized carbons (Fsp3) is 0.533. The molecule has 1 atom stereocenters. The molecule has 0 aliphatic heterocycles. The van der Waals surface area contributed by atoms with Crippen LogP contribution in [0.4, 0.5) is 0 Å². The maximum Gasteiger partial charge on any atom is 0.178 e. The first-order valence-corrected chi connectivity index (χ1v) is 7.49. The number of aromatic amines is 1. The van der Waals surface area contributed by atoms with Gasteiger partial charge in [-0.3, -0.25) is 4.90 Å². The van der Waals surface area contributed by atoms with Gasteiger partial charge in [0, 0.05) is 24.7 Å². The Morgan fingerprint density at radius 1 is 1.50 bits per heavy atom. The summed E-state index contributed by atoms with van der Waals surface area (Å²) < 4.78 is 8.27. The van der Waals surface area contributed by atoms with E-state index >= 15 is 0 Å². The molecule has 1 N–H and O–H groups in total. The average molecular weight is 291 g/mol. The summed E-state index contributed by atoms with van der Waals surface area (Å²) in [4.78, 5) is 5.73. The molecular weight excluding hydrogens is 270 g/mol. The molecule has 0 radical (unpaired) electrons. The Hall–Kier alpha value is -1.33. The number of methoxy groups -OCH3 is 1. The van der Waals surface area contributed by atoms with E-state index in [0.717, 1.165) is 34.1 Å². The molecule has 5 heteroatoms. The second kappa shape index (κ2) is 5.22. The van der Waals surface area contributed by atoms with Gasteiger partial charge >= 0.3 is 0 Å². The van der Waals surface area contributed by atoms with E-state index in [9.17, 15) is 0 Å². The Balaban J connectivity index is 1.93. The Labute approximate surface area is 124 Å². The highest BCUT2D eigenvalue weighted by molar-refractivity contribution is 7.71. The van der Waals surface area contributed by atoms with Crippen molar-refractivity contribution in [2.75, 3.05) is 14.2 Å². The minimum absolute atomic E-state index is 0.472. The van der Waals surface area contributed by atoms with Gasteiger partial charge in [-0.1, -0.05) is 0 Å². The molecule has 108 valence electrons. The van der Waals surface area contributed by atoms with Crippen LogP contribution in [0.5, 0.6) is 5.75 Å². The molecule has 4 nitrogen and oxygen atoms in total. The molecule has 20 heavy (non-hydrogen) atoms. The number of hydrogen-bond donors (Lipinski definition) is 1. The van der Waals surface area contributed by atoms with Crippen LogP contribution in [0.3, 0.4) is 0 Å². The largest absolute Gasteiger partial charge is 0.497 e. The van der Waals surface area contributed by atoms with Crippen LogP contribution >= 0.6 is 12.2 Å². The van der Waals surface area contributed by atoms with E-state index in [-0.39, 0.29) is 0 Å². The van der Waals surface area contributed by atoms with Gasteiger partial charge in [0.15, 0.2) is 4.77 Å². The lowest BCUT2D eigenvalue weighted by Crippen LogP contribution is -2.34. The van der Waals surface area contributed by atoms with Crippen LogP contribution in [0.15, 0.2) is 18.2 Å². The molecule has 1 heterocycles. The molecule has 3 rings (SSSR count). The number of rotatable bonds is 5. The average Bonchev–Trinajstić information content (AvgIpc) is 3.24. The van der Waals surface area contributed by atoms with Gasteiger partial charge in [0.25, 0.3) is 0 Å². The first kappa shape index (κ1) is 13.6. The van der Waals surface area contributed by atoms with Crippen molar-refractivity contribution in [2.24, 2.45) is 0 Å². The highest BCUT2D eigenvalue weighted by atomic mass is 32.1. The third kappa shape index (κ3) is 2.47. The zero-order chi connectivity index (χ0) is 14.3. The normalized spacial score (nSPS) is 16.8. The molecule has 2 aromatic rings. The van der Waals surface area contributed by atoms with E-state index in [0.29, 0.717) is 6.04 Å². The Morgan fingerprint density at radius 3 is 2.90 bits per heavy atom. The number of likely N-dealkylation sites (N-methyl/N-ethyl adjacent to an activating group) is 1. The van der Waals surface area contributed by atoms with Crippen molar-refractivity contribution in [3.8, 4) is 5.75 Å². The highest BCUT2D eigenvalue weighted by Crippen LogP contribution is 2.28. The molecular formula is C15H21N3OS. The molecule has 0 spiro atoms. The maximum atomic E-state index is 5.47. The Morgan fingerprint density at radius 2 is 2.25 bits per heavy atom. The van der Waals surface area contributed by atoms with E-state index < -0.39 is 0 Å². The monoisotopic (exact) mass is 291 g/mol. The number of benzene rings is 1. The summed E-state index contributed by atoms with van der Waals surface area (Å²) in [5.74, 6) is 0.864. The predicted octanol–water partition coefficient (Wildman–Crippen LogP) is 3.19. The van der Waals surface area contributed by atoms with Crippen LogP contribution in [-0.4, -0.2) is 40.7 Å². The lowest BCUT2D eigenvalue weighted by Gasteiger charge is -2.25. The standard InChI is InChI=1S/C15H21N3OS/c1-10(17(2)11-4-5-11)9-18-14-8-12(19-3)6-7-13(14)16-15(18)20/h6-8,10-11H,4-5,9H2,1-3H3,(H,16,20). The third-order valence-electron chi connectivity index (χ3n) is 4.25. The zero-order valence-corrected chi connectivity index (χ0v) is 13.0. The first-order valence-electron chi connectivity index (χ1n) is 7.08. The van der Waals surface area contributed by atoms with Gasteiger partial charge in [-0.05, 0) is 51.2 Å². The molecule has 1 saturated carbocycles. The number of imidazole rings is 1. The minimum atomic E-state index is 0.472. The van der Waals surface area contributed by atoms with Crippen LogP contribution in [0.25, 0.3) is 11.0 Å². The number of ether oxygens (including phenoxy) is 1. The fourth-order valence-electron chi connectivity index (χ4n) is 2.68. The van der Waals surface area contributed by atoms with Crippen LogP contribution in [0.1, 0.15) is 19.8 Å². The van der Waals surface area contributed by atoms with Crippen molar-refractivity contribution in [1.29, 1.82) is 0 Å². The topological polar surface area (TPSA) is 33.2 Å². The van der Waals surface area contributed by atoms with Crippen LogP contribution in [-0.2, 0) is 6.54 Å². The molecule has 1 aliphatic rings. The predicted molar refractivity (Wildman–Crippen MR) is 83.9 cm³/mol. The van der Waals surface area contributed by atoms with Crippen molar-refractivity contribution in [2.45, 2.75) is 38.4 Å². The summed E-state index contributed by atoms with van der Waals surface area (Å²) >= 11 is 5.47. The number of aromatic nitrogens is 2. The maximum absolute atomic E-state index is 5.47. The summed E-state index contributed by atoms with van der Waals surface area (Å²) in [5.41, 5.74) is 2.18. The molecule has 0 bridgehead atoms. The summed E-state index contributed by atoms with van der Waals surface area (Å²) in [6.45, 7) is 3.16. The van der Waals surface area contributed by atoms with Gasteiger partial charge in [-0.2, -0.15) is 0 Å². The van der Waals surface area contributed by atoms with Crippen molar-refractivity contribution in [3.63, 3.8) is 0 Å². The summed E-state index contributed by atoms with van der Waals surface area (Å²) in [6, 6.07) is 7.26. The highest BCUT2D eigenvalue weighted by Gasteiger charge is 2.29. The molecule has 1 aromatic heterocycles. The van der Waals surface area contributed by atoms with Crippen molar-refractivity contribution < 1.29 is 4.74 Å². The van der Waals surface area contributed by atoms with E-state index in [1.54, 1.807) is 7.11 Å². The fourth-order valence-corrected chi connectivity index (χ4v) is 2.96. The lowest BCUT2D eigenvalue weighted by atomic mass is 10.2. The van der Waals surface area contributed by atoms with E-state index in [4.69, 9.17) is 17.0 Å². The summed E-state index contributed by atoms with van der Waals surface area (Å²) in [7, 11) is 3.90. The number of fused-ring (bicyclic) bond motifs is 1. The first-order chi connectivity index (χ1) is 9.60. The molecule has 1 aromatic carbocycles.